The number of carbonyl (C=O) groups excluding carboxylic acids is 1. The second-order valence-electron chi connectivity index (χ2n) is 3.79. The van der Waals surface area contributed by atoms with Crippen LogP contribution in [-0.4, -0.2) is 12.3 Å². The van der Waals surface area contributed by atoms with Crippen LogP contribution in [0.5, 0.6) is 0 Å². The van der Waals surface area contributed by atoms with Crippen LogP contribution in [0.4, 0.5) is 10.1 Å². The van der Waals surface area contributed by atoms with E-state index in [4.69, 9.17) is 11.6 Å². The first kappa shape index (κ1) is 12.6. The highest BCUT2D eigenvalue weighted by Gasteiger charge is 2.05. The molecule has 2 aromatic rings. The van der Waals surface area contributed by atoms with Gasteiger partial charge in [-0.05, 0) is 42.5 Å². The molecule has 0 aliphatic carbocycles. The summed E-state index contributed by atoms with van der Waals surface area (Å²) in [6.45, 7) is 0.116. The molecule has 0 amide bonds. The van der Waals surface area contributed by atoms with Gasteiger partial charge < -0.3 is 5.32 Å². The van der Waals surface area contributed by atoms with Gasteiger partial charge in [-0.1, -0.05) is 17.7 Å². The summed E-state index contributed by atoms with van der Waals surface area (Å²) < 4.78 is 12.9. The molecular weight excluding hydrogens is 253 g/mol. The first-order valence-electron chi connectivity index (χ1n) is 5.43. The van der Waals surface area contributed by atoms with Crippen molar-refractivity contribution in [1.29, 1.82) is 0 Å². The van der Waals surface area contributed by atoms with Crippen molar-refractivity contribution in [3.05, 3.63) is 64.9 Å². The molecule has 4 heteroatoms. The van der Waals surface area contributed by atoms with Crippen LogP contribution in [0.15, 0.2) is 48.5 Å². The minimum atomic E-state index is -0.334. The fraction of sp³-hybridized carbons (Fsp3) is 0.0714. The van der Waals surface area contributed by atoms with Gasteiger partial charge in [-0.15, -0.1) is 0 Å². The third-order valence-electron chi connectivity index (χ3n) is 2.44. The largest absolute Gasteiger partial charge is 0.377 e. The van der Waals surface area contributed by atoms with Gasteiger partial charge in [-0.2, -0.15) is 0 Å². The van der Waals surface area contributed by atoms with Gasteiger partial charge in [-0.25, -0.2) is 4.39 Å². The topological polar surface area (TPSA) is 29.1 Å². The predicted molar refractivity (Wildman–Crippen MR) is 70.7 cm³/mol. The second-order valence-corrected chi connectivity index (χ2v) is 4.23. The summed E-state index contributed by atoms with van der Waals surface area (Å²) in [5.41, 5.74) is 1.15. The first-order chi connectivity index (χ1) is 8.65. The van der Waals surface area contributed by atoms with E-state index < -0.39 is 0 Å². The van der Waals surface area contributed by atoms with E-state index in [1.54, 1.807) is 36.4 Å². The molecule has 0 spiro atoms. The fourth-order valence-electron chi connectivity index (χ4n) is 1.52. The van der Waals surface area contributed by atoms with Gasteiger partial charge >= 0.3 is 0 Å². The van der Waals surface area contributed by atoms with E-state index in [0.29, 0.717) is 16.3 Å². The Kier molecular flexibility index (Phi) is 3.95. The van der Waals surface area contributed by atoms with Crippen LogP contribution < -0.4 is 5.32 Å². The molecular formula is C14H11ClFNO. The summed E-state index contributed by atoms with van der Waals surface area (Å²) >= 11 is 5.74. The zero-order valence-electron chi connectivity index (χ0n) is 9.49. The summed E-state index contributed by atoms with van der Waals surface area (Å²) in [5, 5.41) is 3.46. The number of anilines is 1. The van der Waals surface area contributed by atoms with Crippen LogP contribution in [0.2, 0.25) is 5.02 Å². The molecule has 0 fully saturated rings. The number of carbonyl (C=O) groups is 1. The van der Waals surface area contributed by atoms with Crippen molar-refractivity contribution in [2.45, 2.75) is 0 Å². The Morgan fingerprint density at radius 1 is 1.17 bits per heavy atom. The number of ketones is 1. The Labute approximate surface area is 109 Å². The van der Waals surface area contributed by atoms with E-state index in [-0.39, 0.29) is 18.1 Å². The van der Waals surface area contributed by atoms with E-state index in [0.717, 1.165) is 0 Å². The Morgan fingerprint density at radius 3 is 2.56 bits per heavy atom. The molecule has 0 aliphatic heterocycles. The first-order valence-corrected chi connectivity index (χ1v) is 5.81. The van der Waals surface area contributed by atoms with Crippen LogP contribution in [0.3, 0.4) is 0 Å². The highest BCUT2D eigenvalue weighted by atomic mass is 35.5. The zero-order valence-corrected chi connectivity index (χ0v) is 10.2. The average Bonchev–Trinajstić information content (AvgIpc) is 2.37. The van der Waals surface area contributed by atoms with Gasteiger partial charge in [-0.3, -0.25) is 4.79 Å². The summed E-state index contributed by atoms with van der Waals surface area (Å²) in [4.78, 5) is 11.8. The number of hydrogen-bond donors (Lipinski definition) is 1. The molecule has 0 aromatic heterocycles. The normalized spacial score (nSPS) is 10.1. The van der Waals surface area contributed by atoms with E-state index in [2.05, 4.69) is 5.32 Å². The number of halogens is 2. The third kappa shape index (κ3) is 3.31. The molecule has 2 nitrogen and oxygen atoms in total. The van der Waals surface area contributed by atoms with Gasteiger partial charge in [0.1, 0.15) is 5.82 Å². The molecule has 1 N–H and O–H groups in total. The van der Waals surface area contributed by atoms with E-state index in [1.165, 1.54) is 12.1 Å². The maximum atomic E-state index is 12.9. The number of benzene rings is 2. The van der Waals surface area contributed by atoms with Crippen LogP contribution >= 0.6 is 11.6 Å². The van der Waals surface area contributed by atoms with Crippen molar-refractivity contribution >= 4 is 23.1 Å². The molecule has 0 saturated heterocycles. The summed E-state index contributed by atoms with van der Waals surface area (Å²) in [6, 6.07) is 12.6. The fourth-order valence-corrected chi connectivity index (χ4v) is 1.64. The monoisotopic (exact) mass is 263 g/mol. The zero-order chi connectivity index (χ0) is 13.0. The molecule has 0 radical (unpaired) electrons. The maximum Gasteiger partial charge on any atom is 0.181 e. The maximum absolute atomic E-state index is 12.9. The molecule has 0 bridgehead atoms. The highest BCUT2D eigenvalue weighted by molar-refractivity contribution is 6.30. The van der Waals surface area contributed by atoms with Crippen molar-refractivity contribution in [2.24, 2.45) is 0 Å². The smallest absolute Gasteiger partial charge is 0.181 e. The Hall–Kier alpha value is -1.87. The molecule has 0 aliphatic rings. The SMILES string of the molecule is O=C(CNc1cccc(F)c1)c1ccc(Cl)cc1. The molecule has 2 rings (SSSR count). The Bertz CT molecular complexity index is 554. The summed E-state index contributed by atoms with van der Waals surface area (Å²) in [5.74, 6) is -0.408. The average molecular weight is 264 g/mol. The lowest BCUT2D eigenvalue weighted by Crippen LogP contribution is -2.13. The van der Waals surface area contributed by atoms with Crippen molar-refractivity contribution in [3.63, 3.8) is 0 Å². The quantitative estimate of drug-likeness (QED) is 0.851. The highest BCUT2D eigenvalue weighted by Crippen LogP contribution is 2.12. The minimum absolute atomic E-state index is 0.0732. The molecule has 92 valence electrons. The molecule has 18 heavy (non-hydrogen) atoms. The molecule has 0 unspecified atom stereocenters. The molecule has 0 heterocycles. The summed E-state index contributed by atoms with van der Waals surface area (Å²) in [6.07, 6.45) is 0. The van der Waals surface area contributed by atoms with Gasteiger partial charge in [0.15, 0.2) is 5.78 Å². The van der Waals surface area contributed by atoms with Crippen LogP contribution in [-0.2, 0) is 0 Å². The Morgan fingerprint density at radius 2 is 1.89 bits per heavy atom. The predicted octanol–water partition coefficient (Wildman–Crippen LogP) is 3.77. The lowest BCUT2D eigenvalue weighted by molar-refractivity contribution is 0.101. The van der Waals surface area contributed by atoms with Gasteiger partial charge in [0, 0.05) is 16.3 Å². The lowest BCUT2D eigenvalue weighted by Gasteiger charge is -2.05. The van der Waals surface area contributed by atoms with Gasteiger partial charge in [0.05, 0.1) is 6.54 Å². The molecule has 0 saturated carbocycles. The van der Waals surface area contributed by atoms with E-state index in [9.17, 15) is 9.18 Å². The van der Waals surface area contributed by atoms with Crippen molar-refractivity contribution < 1.29 is 9.18 Å². The van der Waals surface area contributed by atoms with Crippen LogP contribution in [0, 0.1) is 5.82 Å². The van der Waals surface area contributed by atoms with Crippen LogP contribution in [0.1, 0.15) is 10.4 Å². The third-order valence-corrected chi connectivity index (χ3v) is 2.70. The van der Waals surface area contributed by atoms with E-state index in [1.807, 2.05) is 0 Å². The van der Waals surface area contributed by atoms with E-state index >= 15 is 0 Å². The van der Waals surface area contributed by atoms with Crippen molar-refractivity contribution in [1.82, 2.24) is 0 Å². The molecule has 0 atom stereocenters. The van der Waals surface area contributed by atoms with Gasteiger partial charge in [0.25, 0.3) is 0 Å². The second kappa shape index (κ2) is 5.65. The number of nitrogens with one attached hydrogen (secondary N) is 1. The van der Waals surface area contributed by atoms with Crippen LogP contribution in [0.25, 0.3) is 0 Å². The minimum Gasteiger partial charge on any atom is -0.377 e. The molecule has 2 aromatic carbocycles. The standard InChI is InChI=1S/C14H11ClFNO/c15-11-6-4-10(5-7-11)14(18)9-17-13-3-1-2-12(16)8-13/h1-8,17H,9H2. The summed E-state index contributed by atoms with van der Waals surface area (Å²) in [7, 11) is 0. The number of hydrogen-bond acceptors (Lipinski definition) is 2. The van der Waals surface area contributed by atoms with Crippen molar-refractivity contribution in [2.75, 3.05) is 11.9 Å². The lowest BCUT2D eigenvalue weighted by atomic mass is 10.1. The van der Waals surface area contributed by atoms with Gasteiger partial charge in [0.2, 0.25) is 0 Å². The number of rotatable bonds is 4. The van der Waals surface area contributed by atoms with Crippen molar-refractivity contribution in [3.8, 4) is 0 Å². The number of Topliss-reactive ketones (excluding diaryl/α,β-unsaturated/α-hetero) is 1. The Balaban J connectivity index is 1.98.